The van der Waals surface area contributed by atoms with Crippen molar-refractivity contribution in [1.82, 2.24) is 9.71 Å². The molecule has 184 valence electrons. The van der Waals surface area contributed by atoms with Gasteiger partial charge >= 0.3 is 6.09 Å². The molecule has 33 heavy (non-hydrogen) atoms. The fourth-order valence-electron chi connectivity index (χ4n) is 3.61. The van der Waals surface area contributed by atoms with E-state index in [9.17, 15) is 13.2 Å². The fraction of sp³-hybridized carbons (Fsp3) is 0.565. The topological polar surface area (TPSA) is 137 Å². The number of thiazole rings is 1. The zero-order valence-electron chi connectivity index (χ0n) is 20.1. The van der Waals surface area contributed by atoms with E-state index in [1.807, 2.05) is 20.8 Å². The highest BCUT2D eigenvalue weighted by Crippen LogP contribution is 2.39. The Morgan fingerprint density at radius 3 is 2.36 bits per heavy atom. The number of amides is 1. The molecule has 1 aliphatic rings. The minimum absolute atomic E-state index is 0.0995. The van der Waals surface area contributed by atoms with Crippen LogP contribution in [0.2, 0.25) is 0 Å². The van der Waals surface area contributed by atoms with Gasteiger partial charge in [0.2, 0.25) is 10.0 Å². The number of hydrogen-bond acceptors (Lipinski definition) is 7. The summed E-state index contributed by atoms with van der Waals surface area (Å²) in [7, 11) is -3.69. The lowest BCUT2D eigenvalue weighted by Gasteiger charge is -2.21. The van der Waals surface area contributed by atoms with Gasteiger partial charge in [0.1, 0.15) is 0 Å². The van der Waals surface area contributed by atoms with Crippen LogP contribution in [0.3, 0.4) is 0 Å². The zero-order chi connectivity index (χ0) is 24.8. The van der Waals surface area contributed by atoms with Gasteiger partial charge < -0.3 is 16.2 Å². The number of nitrogens with zero attached hydrogens (tertiary/aromatic N) is 1. The van der Waals surface area contributed by atoms with Gasteiger partial charge in [0.05, 0.1) is 20.9 Å². The van der Waals surface area contributed by atoms with Crippen LogP contribution in [0.25, 0.3) is 10.4 Å². The number of rotatable bonds is 5. The molecule has 1 aliphatic carbocycles. The van der Waals surface area contributed by atoms with Crippen LogP contribution in [-0.4, -0.2) is 31.1 Å². The highest BCUT2D eigenvalue weighted by molar-refractivity contribution is 7.89. The van der Waals surface area contributed by atoms with Crippen LogP contribution in [0.15, 0.2) is 29.3 Å². The molecule has 2 aromatic rings. The molecule has 1 aromatic carbocycles. The van der Waals surface area contributed by atoms with Crippen LogP contribution in [0.5, 0.6) is 0 Å². The number of nitrogens with one attached hydrogen (secondary N) is 1. The second-order valence-electron chi connectivity index (χ2n) is 9.49. The Hall–Kier alpha value is -2.17. The van der Waals surface area contributed by atoms with Crippen LogP contribution in [0.4, 0.5) is 10.5 Å². The Labute approximate surface area is 201 Å². The van der Waals surface area contributed by atoms with Crippen molar-refractivity contribution in [2.24, 2.45) is 5.73 Å². The van der Waals surface area contributed by atoms with Gasteiger partial charge in [-0.2, -0.15) is 0 Å². The van der Waals surface area contributed by atoms with Crippen LogP contribution in [-0.2, 0) is 14.8 Å². The summed E-state index contributed by atoms with van der Waals surface area (Å²) in [4.78, 5) is 15.5. The summed E-state index contributed by atoms with van der Waals surface area (Å²) >= 11 is 1.60. The van der Waals surface area contributed by atoms with Crippen molar-refractivity contribution in [3.05, 3.63) is 29.4 Å². The van der Waals surface area contributed by atoms with Gasteiger partial charge in [-0.15, -0.1) is 11.3 Å². The number of benzene rings is 1. The third-order valence-electron chi connectivity index (χ3n) is 4.83. The number of carbonyl (C=O) groups excluding carboxylic acids is 1. The zero-order valence-corrected chi connectivity index (χ0v) is 21.7. The number of ether oxygens (including phenoxy) is 1. The number of carbonyl (C=O) groups is 1. The molecule has 1 saturated carbocycles. The quantitative estimate of drug-likeness (QED) is 0.498. The molecule has 1 aromatic heterocycles. The van der Waals surface area contributed by atoms with E-state index in [1.165, 1.54) is 38.2 Å². The molecule has 0 radical (unpaired) electrons. The maximum Gasteiger partial charge on any atom is 0.404 e. The Balaban J connectivity index is 0.000000479. The smallest absolute Gasteiger partial charge is 0.404 e. The molecule has 10 heteroatoms. The Morgan fingerprint density at radius 2 is 1.85 bits per heavy atom. The molecule has 3 rings (SSSR count). The molecule has 5 N–H and O–H groups in total. The molecule has 1 amide bonds. The maximum absolute atomic E-state index is 12.9. The van der Waals surface area contributed by atoms with Crippen molar-refractivity contribution < 1.29 is 17.9 Å². The summed E-state index contributed by atoms with van der Waals surface area (Å²) in [6.07, 6.45) is 7.13. The van der Waals surface area contributed by atoms with Crippen LogP contribution in [0, 0.1) is 0 Å². The fourth-order valence-corrected chi connectivity index (χ4v) is 6.47. The lowest BCUT2D eigenvalue weighted by Crippen LogP contribution is -2.40. The molecule has 0 spiro atoms. The standard InChI is InChI=1S/C19H27N3O2S2.C4H9NO2/c1-19(2,3)22-26(23,24)17-11-14(20)9-10-15(17)16-12-21-18(25-16)13-7-5-4-6-8-13;1-3(2)7-4(5)6/h9-13,22H,4-8,20H2,1-3H3;3H,1-2H3,(H2,5,6). The third kappa shape index (κ3) is 8.60. The Bertz CT molecular complexity index is 1040. The van der Waals surface area contributed by atoms with E-state index in [0.717, 1.165) is 9.88 Å². The molecule has 1 heterocycles. The molecule has 1 fully saturated rings. The molecule has 0 saturated heterocycles. The summed E-state index contributed by atoms with van der Waals surface area (Å²) in [6.45, 7) is 8.95. The first-order valence-corrected chi connectivity index (χ1v) is 13.4. The second-order valence-corrected chi connectivity index (χ2v) is 12.2. The van der Waals surface area contributed by atoms with Gasteiger partial charge in [0, 0.05) is 28.9 Å². The number of nitrogens with two attached hydrogens (primary N) is 2. The monoisotopic (exact) mass is 496 g/mol. The predicted octanol–water partition coefficient (Wildman–Crippen LogP) is 5.01. The van der Waals surface area contributed by atoms with E-state index in [-0.39, 0.29) is 11.0 Å². The highest BCUT2D eigenvalue weighted by atomic mass is 32.2. The Morgan fingerprint density at radius 1 is 1.21 bits per heavy atom. The van der Waals surface area contributed by atoms with Crippen molar-refractivity contribution in [3.63, 3.8) is 0 Å². The van der Waals surface area contributed by atoms with Gasteiger partial charge in [-0.05, 0) is 59.6 Å². The molecule has 0 atom stereocenters. The Kier molecular flexibility index (Phi) is 9.28. The minimum Gasteiger partial charge on any atom is -0.447 e. The summed E-state index contributed by atoms with van der Waals surface area (Å²) in [5.41, 5.74) is 11.0. The van der Waals surface area contributed by atoms with Crippen LogP contribution >= 0.6 is 11.3 Å². The normalized spacial score (nSPS) is 15.1. The molecule has 0 bridgehead atoms. The first-order chi connectivity index (χ1) is 15.3. The SMILES string of the molecule is CC(C)(C)NS(=O)(=O)c1cc(N)ccc1-c1cnc(C2CCCCC2)s1.CC(C)OC(N)=O. The van der Waals surface area contributed by atoms with Gasteiger partial charge in [0.15, 0.2) is 0 Å². The molecule has 0 unspecified atom stereocenters. The summed E-state index contributed by atoms with van der Waals surface area (Å²) in [5, 5.41) is 1.11. The van der Waals surface area contributed by atoms with Gasteiger partial charge in [0.25, 0.3) is 0 Å². The van der Waals surface area contributed by atoms with Gasteiger partial charge in [-0.3, -0.25) is 0 Å². The van der Waals surface area contributed by atoms with Crippen molar-refractivity contribution in [2.75, 3.05) is 5.73 Å². The largest absolute Gasteiger partial charge is 0.447 e. The first-order valence-electron chi connectivity index (χ1n) is 11.1. The number of sulfonamides is 1. The van der Waals surface area contributed by atoms with Gasteiger partial charge in [-0.25, -0.2) is 22.9 Å². The van der Waals surface area contributed by atoms with E-state index >= 15 is 0 Å². The molecule has 8 nitrogen and oxygen atoms in total. The third-order valence-corrected chi connectivity index (χ3v) is 7.82. The lowest BCUT2D eigenvalue weighted by atomic mass is 9.90. The number of primary amides is 1. The predicted molar refractivity (Wildman–Crippen MR) is 134 cm³/mol. The average Bonchev–Trinajstić information content (AvgIpc) is 3.16. The van der Waals surface area contributed by atoms with Crippen molar-refractivity contribution in [1.29, 1.82) is 0 Å². The van der Waals surface area contributed by atoms with Crippen molar-refractivity contribution >= 4 is 33.1 Å². The summed E-state index contributed by atoms with van der Waals surface area (Å²) in [5.74, 6) is 0.504. The highest BCUT2D eigenvalue weighted by Gasteiger charge is 2.27. The minimum atomic E-state index is -3.69. The first kappa shape index (κ1) is 27.1. The van der Waals surface area contributed by atoms with Gasteiger partial charge in [-0.1, -0.05) is 25.3 Å². The van der Waals surface area contributed by atoms with Crippen molar-refractivity contribution in [3.8, 4) is 10.4 Å². The summed E-state index contributed by atoms with van der Waals surface area (Å²) < 4.78 is 32.9. The van der Waals surface area contributed by atoms with E-state index in [1.54, 1.807) is 43.5 Å². The van der Waals surface area contributed by atoms with Crippen LogP contribution in [0.1, 0.15) is 77.6 Å². The maximum atomic E-state index is 12.9. The van der Waals surface area contributed by atoms with Crippen LogP contribution < -0.4 is 16.2 Å². The van der Waals surface area contributed by atoms with Crippen molar-refractivity contribution in [2.45, 2.75) is 89.2 Å². The number of hydrogen-bond donors (Lipinski definition) is 3. The van der Waals surface area contributed by atoms with E-state index in [4.69, 9.17) is 5.73 Å². The average molecular weight is 497 g/mol. The number of aromatic nitrogens is 1. The molecule has 0 aliphatic heterocycles. The molecular weight excluding hydrogens is 460 g/mol. The number of nitrogen functional groups attached to an aromatic ring is 1. The van der Waals surface area contributed by atoms with E-state index in [2.05, 4.69) is 20.2 Å². The number of anilines is 1. The molecular formula is C23H36N4O4S2. The van der Waals surface area contributed by atoms with E-state index in [0.29, 0.717) is 17.2 Å². The second kappa shape index (κ2) is 11.3. The summed E-state index contributed by atoms with van der Waals surface area (Å²) in [6, 6.07) is 5.06. The van der Waals surface area contributed by atoms with E-state index < -0.39 is 21.7 Å². The lowest BCUT2D eigenvalue weighted by molar-refractivity contribution is 0.125.